The van der Waals surface area contributed by atoms with E-state index in [1.807, 2.05) is 32.0 Å². The number of nitrogens with zero attached hydrogens (tertiary/aromatic N) is 2. The number of pyridine rings is 1. The summed E-state index contributed by atoms with van der Waals surface area (Å²) in [6, 6.07) is 7.34. The first kappa shape index (κ1) is 20.1. The highest BCUT2D eigenvalue weighted by Crippen LogP contribution is 2.26. The van der Waals surface area contributed by atoms with Crippen molar-refractivity contribution >= 4 is 5.91 Å². The van der Waals surface area contributed by atoms with E-state index in [1.54, 1.807) is 31.3 Å². The van der Waals surface area contributed by atoms with E-state index in [0.29, 0.717) is 24.5 Å². The Kier molecular flexibility index (Phi) is 6.52. The van der Waals surface area contributed by atoms with Crippen LogP contribution in [-0.4, -0.2) is 49.3 Å². The van der Waals surface area contributed by atoms with Crippen molar-refractivity contribution in [3.05, 3.63) is 52.8 Å². The summed E-state index contributed by atoms with van der Waals surface area (Å²) in [6.45, 7) is 5.55. The Balaban J connectivity index is 1.73. The van der Waals surface area contributed by atoms with Gasteiger partial charge in [-0.15, -0.1) is 0 Å². The molecule has 1 amide bonds. The lowest BCUT2D eigenvalue weighted by Gasteiger charge is -2.21. The van der Waals surface area contributed by atoms with Gasteiger partial charge in [0, 0.05) is 31.0 Å². The van der Waals surface area contributed by atoms with Crippen LogP contribution in [0, 0.1) is 13.8 Å². The molecule has 150 valence electrons. The van der Waals surface area contributed by atoms with E-state index in [0.717, 1.165) is 42.0 Å². The fourth-order valence-corrected chi connectivity index (χ4v) is 3.46. The van der Waals surface area contributed by atoms with Crippen LogP contribution in [0.4, 0.5) is 0 Å². The van der Waals surface area contributed by atoms with Crippen molar-refractivity contribution < 1.29 is 19.0 Å². The molecule has 28 heavy (non-hydrogen) atoms. The van der Waals surface area contributed by atoms with E-state index in [9.17, 15) is 4.79 Å². The summed E-state index contributed by atoms with van der Waals surface area (Å²) in [7, 11) is 3.42. The van der Waals surface area contributed by atoms with E-state index in [-0.39, 0.29) is 12.0 Å². The quantitative estimate of drug-likeness (QED) is 0.731. The summed E-state index contributed by atoms with van der Waals surface area (Å²) in [4.78, 5) is 19.2. The number of amides is 1. The molecule has 0 bridgehead atoms. The number of methoxy groups -OCH3 is 1. The van der Waals surface area contributed by atoms with Crippen molar-refractivity contribution in [2.45, 2.75) is 39.3 Å². The van der Waals surface area contributed by atoms with Crippen molar-refractivity contribution in [3.63, 3.8) is 0 Å². The first-order valence-electron chi connectivity index (χ1n) is 9.59. The van der Waals surface area contributed by atoms with E-state index in [1.165, 1.54) is 0 Å². The average molecular weight is 384 g/mol. The van der Waals surface area contributed by atoms with Gasteiger partial charge in [0.2, 0.25) is 0 Å². The molecule has 0 aliphatic carbocycles. The molecule has 1 atom stereocenters. The van der Waals surface area contributed by atoms with E-state index in [4.69, 9.17) is 14.2 Å². The highest BCUT2D eigenvalue weighted by Gasteiger charge is 2.21. The first-order valence-corrected chi connectivity index (χ1v) is 9.59. The molecule has 0 radical (unpaired) electrons. The average Bonchev–Trinajstić information content (AvgIpc) is 3.22. The molecule has 6 heteroatoms. The predicted molar refractivity (Wildman–Crippen MR) is 107 cm³/mol. The second-order valence-electron chi connectivity index (χ2n) is 7.15. The van der Waals surface area contributed by atoms with E-state index >= 15 is 0 Å². The molecule has 6 nitrogen and oxygen atoms in total. The minimum atomic E-state index is -0.108. The second-order valence-corrected chi connectivity index (χ2v) is 7.15. The molecule has 2 heterocycles. The van der Waals surface area contributed by atoms with Crippen LogP contribution in [-0.2, 0) is 11.3 Å². The standard InChI is InChI=1S/C22H28N2O4/c1-15-12-23-19(16(2)21(15)26-4)13-24(3)22(25)18-9-5-6-10-20(18)28-14-17-8-7-11-27-17/h5-6,9-10,12,17H,7-8,11,13-14H2,1-4H3. The predicted octanol–water partition coefficient (Wildman–Crippen LogP) is 3.54. The number of hydrogen-bond acceptors (Lipinski definition) is 5. The van der Waals surface area contributed by atoms with Crippen LogP contribution >= 0.6 is 0 Å². The van der Waals surface area contributed by atoms with Crippen LogP contribution in [0.15, 0.2) is 30.5 Å². The van der Waals surface area contributed by atoms with Crippen LogP contribution < -0.4 is 9.47 Å². The van der Waals surface area contributed by atoms with Gasteiger partial charge in [0.05, 0.1) is 31.0 Å². The smallest absolute Gasteiger partial charge is 0.257 e. The van der Waals surface area contributed by atoms with Gasteiger partial charge in [-0.2, -0.15) is 0 Å². The minimum absolute atomic E-state index is 0.104. The van der Waals surface area contributed by atoms with Crippen LogP contribution in [0.1, 0.15) is 40.0 Å². The van der Waals surface area contributed by atoms with Gasteiger partial charge in [0.15, 0.2) is 0 Å². The lowest BCUT2D eigenvalue weighted by molar-refractivity contribution is 0.0656. The van der Waals surface area contributed by atoms with Gasteiger partial charge in [0.25, 0.3) is 5.91 Å². The van der Waals surface area contributed by atoms with Crippen molar-refractivity contribution in [1.29, 1.82) is 0 Å². The fourth-order valence-electron chi connectivity index (χ4n) is 3.46. The third-order valence-electron chi connectivity index (χ3n) is 5.05. The molecule has 0 spiro atoms. The molecular formula is C22H28N2O4. The Morgan fingerprint density at radius 3 is 2.82 bits per heavy atom. The highest BCUT2D eigenvalue weighted by atomic mass is 16.5. The maximum absolute atomic E-state index is 13.1. The van der Waals surface area contributed by atoms with Gasteiger partial charge in [0.1, 0.15) is 18.1 Å². The molecule has 1 aliphatic rings. The summed E-state index contributed by atoms with van der Waals surface area (Å²) >= 11 is 0. The molecule has 2 aromatic rings. The minimum Gasteiger partial charge on any atom is -0.496 e. The van der Waals surface area contributed by atoms with Crippen molar-refractivity contribution in [2.24, 2.45) is 0 Å². The van der Waals surface area contributed by atoms with Crippen LogP contribution in [0.5, 0.6) is 11.5 Å². The van der Waals surface area contributed by atoms with E-state index < -0.39 is 0 Å². The Morgan fingerprint density at radius 1 is 1.32 bits per heavy atom. The number of hydrogen-bond donors (Lipinski definition) is 0. The van der Waals surface area contributed by atoms with Crippen molar-refractivity contribution in [2.75, 3.05) is 27.4 Å². The molecule has 1 fully saturated rings. The second kappa shape index (κ2) is 9.06. The van der Waals surface area contributed by atoms with E-state index in [2.05, 4.69) is 4.98 Å². The van der Waals surface area contributed by atoms with Crippen LogP contribution in [0.25, 0.3) is 0 Å². The topological polar surface area (TPSA) is 60.9 Å². The summed E-state index contributed by atoms with van der Waals surface area (Å²) in [5.74, 6) is 1.29. The van der Waals surface area contributed by atoms with Crippen molar-refractivity contribution in [3.8, 4) is 11.5 Å². The Hall–Kier alpha value is -2.60. The zero-order valence-corrected chi connectivity index (χ0v) is 17.0. The lowest BCUT2D eigenvalue weighted by atomic mass is 10.1. The third-order valence-corrected chi connectivity index (χ3v) is 5.05. The molecule has 1 aromatic carbocycles. The largest absolute Gasteiger partial charge is 0.496 e. The Morgan fingerprint density at radius 2 is 2.11 bits per heavy atom. The zero-order valence-electron chi connectivity index (χ0n) is 17.0. The first-order chi connectivity index (χ1) is 13.5. The normalized spacial score (nSPS) is 16.1. The Labute approximate surface area is 166 Å². The molecule has 0 saturated carbocycles. The zero-order chi connectivity index (χ0) is 20.1. The van der Waals surface area contributed by atoms with Gasteiger partial charge < -0.3 is 19.1 Å². The van der Waals surface area contributed by atoms with Gasteiger partial charge >= 0.3 is 0 Å². The van der Waals surface area contributed by atoms with Gasteiger partial charge in [-0.3, -0.25) is 9.78 Å². The summed E-state index contributed by atoms with van der Waals surface area (Å²) in [6.07, 6.45) is 3.94. The number of rotatable bonds is 7. The van der Waals surface area contributed by atoms with Gasteiger partial charge in [-0.25, -0.2) is 0 Å². The maximum atomic E-state index is 13.1. The molecule has 3 rings (SSSR count). The van der Waals surface area contributed by atoms with Crippen LogP contribution in [0.2, 0.25) is 0 Å². The number of aromatic nitrogens is 1. The SMILES string of the molecule is COc1c(C)cnc(CN(C)C(=O)c2ccccc2OCC2CCCO2)c1C. The molecule has 0 N–H and O–H groups in total. The monoisotopic (exact) mass is 384 g/mol. The lowest BCUT2D eigenvalue weighted by Crippen LogP contribution is -2.28. The highest BCUT2D eigenvalue weighted by molar-refractivity contribution is 5.96. The van der Waals surface area contributed by atoms with Crippen molar-refractivity contribution in [1.82, 2.24) is 9.88 Å². The van der Waals surface area contributed by atoms with Crippen LogP contribution in [0.3, 0.4) is 0 Å². The maximum Gasteiger partial charge on any atom is 0.257 e. The summed E-state index contributed by atoms with van der Waals surface area (Å²) < 4.78 is 17.0. The third kappa shape index (κ3) is 4.44. The van der Waals surface area contributed by atoms with Gasteiger partial charge in [-0.1, -0.05) is 12.1 Å². The number of ether oxygens (including phenoxy) is 3. The summed E-state index contributed by atoms with van der Waals surface area (Å²) in [5, 5.41) is 0. The van der Waals surface area contributed by atoms with Gasteiger partial charge in [-0.05, 0) is 38.8 Å². The number of aryl methyl sites for hydroxylation is 1. The molecule has 1 aromatic heterocycles. The molecule has 1 aliphatic heterocycles. The molecule has 1 saturated heterocycles. The number of benzene rings is 1. The fraction of sp³-hybridized carbons (Fsp3) is 0.455. The number of carbonyl (C=O) groups excluding carboxylic acids is 1. The number of carbonyl (C=O) groups is 1. The molecule has 1 unspecified atom stereocenters. The Bertz CT molecular complexity index is 831. The molecular weight excluding hydrogens is 356 g/mol. The summed E-state index contributed by atoms with van der Waals surface area (Å²) in [5.41, 5.74) is 3.28. The number of para-hydroxylation sites is 1.